The maximum Gasteiger partial charge on any atom is 0.307 e. The molecule has 2 nitrogen and oxygen atoms in total. The zero-order valence-corrected chi connectivity index (χ0v) is 9.27. The van der Waals surface area contributed by atoms with Crippen molar-refractivity contribution in [3.8, 4) is 0 Å². The second-order valence-electron chi connectivity index (χ2n) is 3.50. The van der Waals surface area contributed by atoms with Crippen LogP contribution in [0.2, 0.25) is 5.02 Å². The molecule has 1 rings (SSSR count). The smallest absolute Gasteiger partial charge is 0.307 e. The Bertz CT molecular complexity index is 383. The Balaban J connectivity index is 3.29. The van der Waals surface area contributed by atoms with Crippen LogP contribution in [0.25, 0.3) is 0 Å². The molecule has 0 atom stereocenters. The maximum atomic E-state index is 10.6. The number of carboxylic acid groups (broad SMARTS) is 1. The lowest BCUT2D eigenvalue weighted by Gasteiger charge is -2.11. The molecule has 0 aliphatic carbocycles. The van der Waals surface area contributed by atoms with Gasteiger partial charge in [0.2, 0.25) is 0 Å². The molecule has 0 heterocycles. The zero-order chi connectivity index (χ0) is 10.9. The number of halogens is 1. The number of benzene rings is 1. The van der Waals surface area contributed by atoms with Crippen molar-refractivity contribution in [1.29, 1.82) is 0 Å². The van der Waals surface area contributed by atoms with Crippen molar-refractivity contribution in [2.75, 3.05) is 0 Å². The van der Waals surface area contributed by atoms with Crippen molar-refractivity contribution >= 4 is 17.6 Å². The highest BCUT2D eigenvalue weighted by Gasteiger charge is 2.11. The van der Waals surface area contributed by atoms with Crippen molar-refractivity contribution in [1.82, 2.24) is 0 Å². The van der Waals surface area contributed by atoms with Crippen LogP contribution in [-0.2, 0) is 11.2 Å². The standard InChI is InChI=1S/C11H13ClO2/c1-6-4-7(2)11(12)8(3)9(6)5-10(13)14/h4H,5H2,1-3H3,(H,13,14). The molecule has 0 saturated carbocycles. The Morgan fingerprint density at radius 1 is 1.36 bits per heavy atom. The van der Waals surface area contributed by atoms with E-state index in [4.69, 9.17) is 16.7 Å². The van der Waals surface area contributed by atoms with Gasteiger partial charge in [0.05, 0.1) is 6.42 Å². The first kappa shape index (κ1) is 11.1. The van der Waals surface area contributed by atoms with E-state index in [0.717, 1.165) is 22.3 Å². The first-order valence-corrected chi connectivity index (χ1v) is 4.78. The van der Waals surface area contributed by atoms with Crippen molar-refractivity contribution in [3.05, 3.63) is 33.3 Å². The first-order valence-electron chi connectivity index (χ1n) is 4.40. The van der Waals surface area contributed by atoms with Crippen LogP contribution >= 0.6 is 11.6 Å². The van der Waals surface area contributed by atoms with Gasteiger partial charge in [-0.05, 0) is 43.0 Å². The van der Waals surface area contributed by atoms with E-state index in [1.54, 1.807) is 0 Å². The molecule has 0 spiro atoms. The normalized spacial score (nSPS) is 10.3. The lowest BCUT2D eigenvalue weighted by Crippen LogP contribution is -2.05. The molecule has 1 aromatic rings. The molecular weight excluding hydrogens is 200 g/mol. The maximum absolute atomic E-state index is 10.6. The van der Waals surface area contributed by atoms with Crippen LogP contribution in [0.3, 0.4) is 0 Å². The number of carbonyl (C=O) groups is 1. The van der Waals surface area contributed by atoms with Gasteiger partial charge < -0.3 is 5.11 Å². The Morgan fingerprint density at radius 3 is 2.43 bits per heavy atom. The van der Waals surface area contributed by atoms with Crippen molar-refractivity contribution < 1.29 is 9.90 Å². The fourth-order valence-electron chi connectivity index (χ4n) is 1.62. The third-order valence-corrected chi connectivity index (χ3v) is 2.95. The van der Waals surface area contributed by atoms with Crippen LogP contribution in [0.1, 0.15) is 22.3 Å². The zero-order valence-electron chi connectivity index (χ0n) is 8.52. The molecule has 0 aliphatic rings. The first-order chi connectivity index (χ1) is 6.43. The van der Waals surface area contributed by atoms with Gasteiger partial charge in [-0.2, -0.15) is 0 Å². The lowest BCUT2D eigenvalue weighted by molar-refractivity contribution is -0.136. The number of aliphatic carboxylic acids is 1. The van der Waals surface area contributed by atoms with Crippen LogP contribution in [-0.4, -0.2) is 11.1 Å². The number of hydrogen-bond acceptors (Lipinski definition) is 1. The predicted molar refractivity (Wildman–Crippen MR) is 57.0 cm³/mol. The van der Waals surface area contributed by atoms with Gasteiger partial charge in [-0.1, -0.05) is 17.7 Å². The Labute approximate surface area is 88.5 Å². The summed E-state index contributed by atoms with van der Waals surface area (Å²) in [6, 6.07) is 1.92. The Hall–Kier alpha value is -1.02. The lowest BCUT2D eigenvalue weighted by atomic mass is 9.97. The highest BCUT2D eigenvalue weighted by molar-refractivity contribution is 6.32. The monoisotopic (exact) mass is 212 g/mol. The summed E-state index contributed by atoms with van der Waals surface area (Å²) in [7, 11) is 0. The minimum atomic E-state index is -0.823. The number of hydrogen-bond donors (Lipinski definition) is 1. The molecule has 0 aliphatic heterocycles. The second kappa shape index (κ2) is 4.01. The van der Waals surface area contributed by atoms with Gasteiger partial charge in [-0.15, -0.1) is 0 Å². The van der Waals surface area contributed by atoms with Crippen LogP contribution in [0.15, 0.2) is 6.07 Å². The van der Waals surface area contributed by atoms with E-state index in [9.17, 15) is 4.79 Å². The highest BCUT2D eigenvalue weighted by atomic mass is 35.5. The van der Waals surface area contributed by atoms with E-state index in [1.807, 2.05) is 26.8 Å². The van der Waals surface area contributed by atoms with Gasteiger partial charge in [-0.3, -0.25) is 4.79 Å². The van der Waals surface area contributed by atoms with E-state index in [0.29, 0.717) is 5.02 Å². The minimum Gasteiger partial charge on any atom is -0.481 e. The molecule has 0 radical (unpaired) electrons. The summed E-state index contributed by atoms with van der Waals surface area (Å²) in [4.78, 5) is 10.6. The highest BCUT2D eigenvalue weighted by Crippen LogP contribution is 2.26. The largest absolute Gasteiger partial charge is 0.481 e. The van der Waals surface area contributed by atoms with E-state index in [2.05, 4.69) is 0 Å². The summed E-state index contributed by atoms with van der Waals surface area (Å²) in [5, 5.41) is 9.41. The topological polar surface area (TPSA) is 37.3 Å². The fraction of sp³-hybridized carbons (Fsp3) is 0.364. The van der Waals surface area contributed by atoms with Crippen molar-refractivity contribution in [2.45, 2.75) is 27.2 Å². The average molecular weight is 213 g/mol. The summed E-state index contributed by atoms with van der Waals surface area (Å²) < 4.78 is 0. The summed E-state index contributed by atoms with van der Waals surface area (Å²) >= 11 is 6.05. The molecule has 1 N–H and O–H groups in total. The van der Waals surface area contributed by atoms with Gasteiger partial charge >= 0.3 is 5.97 Å². The summed E-state index contributed by atoms with van der Waals surface area (Å²) in [6.07, 6.45) is 0.0394. The molecule has 0 saturated heterocycles. The summed E-state index contributed by atoms with van der Waals surface area (Å²) in [5.74, 6) is -0.823. The molecule has 0 amide bonds. The van der Waals surface area contributed by atoms with Gasteiger partial charge in [0.25, 0.3) is 0 Å². The molecule has 0 unspecified atom stereocenters. The third-order valence-electron chi connectivity index (χ3n) is 2.37. The van der Waals surface area contributed by atoms with Gasteiger partial charge in [0.1, 0.15) is 0 Å². The molecule has 0 bridgehead atoms. The Morgan fingerprint density at radius 2 is 1.93 bits per heavy atom. The van der Waals surface area contributed by atoms with Gasteiger partial charge in [0.15, 0.2) is 0 Å². The fourth-order valence-corrected chi connectivity index (χ4v) is 1.79. The number of rotatable bonds is 2. The van der Waals surface area contributed by atoms with E-state index in [1.165, 1.54) is 0 Å². The van der Waals surface area contributed by atoms with E-state index < -0.39 is 5.97 Å². The van der Waals surface area contributed by atoms with Crippen molar-refractivity contribution in [3.63, 3.8) is 0 Å². The quantitative estimate of drug-likeness (QED) is 0.819. The molecule has 0 fully saturated rings. The van der Waals surface area contributed by atoms with Gasteiger partial charge in [0, 0.05) is 5.02 Å². The molecule has 76 valence electrons. The predicted octanol–water partition coefficient (Wildman–Crippen LogP) is 2.89. The molecule has 0 aromatic heterocycles. The number of aryl methyl sites for hydroxylation is 2. The van der Waals surface area contributed by atoms with Crippen LogP contribution in [0.5, 0.6) is 0 Å². The second-order valence-corrected chi connectivity index (χ2v) is 3.88. The van der Waals surface area contributed by atoms with Crippen LogP contribution < -0.4 is 0 Å². The van der Waals surface area contributed by atoms with Gasteiger partial charge in [-0.25, -0.2) is 0 Å². The molecular formula is C11H13ClO2. The molecule has 1 aromatic carbocycles. The summed E-state index contributed by atoms with van der Waals surface area (Å²) in [6.45, 7) is 5.70. The summed E-state index contributed by atoms with van der Waals surface area (Å²) in [5.41, 5.74) is 3.70. The SMILES string of the molecule is Cc1cc(C)c(CC(=O)O)c(C)c1Cl. The van der Waals surface area contributed by atoms with Crippen LogP contribution in [0.4, 0.5) is 0 Å². The third kappa shape index (κ3) is 2.07. The Kier molecular flexibility index (Phi) is 3.17. The van der Waals surface area contributed by atoms with Crippen molar-refractivity contribution in [2.24, 2.45) is 0 Å². The average Bonchev–Trinajstić information content (AvgIpc) is 2.09. The molecule has 14 heavy (non-hydrogen) atoms. The van der Waals surface area contributed by atoms with E-state index >= 15 is 0 Å². The minimum absolute atomic E-state index is 0.0394. The van der Waals surface area contributed by atoms with Crippen LogP contribution in [0, 0.1) is 20.8 Å². The molecule has 3 heteroatoms. The van der Waals surface area contributed by atoms with E-state index in [-0.39, 0.29) is 6.42 Å². The number of carboxylic acids is 1.